The van der Waals surface area contributed by atoms with Gasteiger partial charge < -0.3 is 5.11 Å². The van der Waals surface area contributed by atoms with Gasteiger partial charge in [-0.25, -0.2) is 9.78 Å². The molecular weight excluding hydrogens is 258 g/mol. The third-order valence-electron chi connectivity index (χ3n) is 3.69. The highest BCUT2D eigenvalue weighted by Gasteiger charge is 2.24. The number of aryl methyl sites for hydroxylation is 2. The molecule has 1 saturated carbocycles. The van der Waals surface area contributed by atoms with Crippen molar-refractivity contribution in [3.8, 4) is 0 Å². The minimum atomic E-state index is -0.864. The second-order valence-corrected chi connectivity index (χ2v) is 6.87. The van der Waals surface area contributed by atoms with Crippen LogP contribution >= 0.6 is 11.8 Å². The summed E-state index contributed by atoms with van der Waals surface area (Å²) in [4.78, 5) is 15.9. The van der Waals surface area contributed by atoms with Crippen LogP contribution < -0.4 is 0 Å². The van der Waals surface area contributed by atoms with Crippen molar-refractivity contribution in [1.29, 1.82) is 0 Å². The molecule has 19 heavy (non-hydrogen) atoms. The molecule has 0 radical (unpaired) electrons. The first-order chi connectivity index (χ1) is 8.97. The van der Waals surface area contributed by atoms with E-state index in [1.165, 1.54) is 25.7 Å². The van der Waals surface area contributed by atoms with Crippen LogP contribution in [0.25, 0.3) is 0 Å². The van der Waals surface area contributed by atoms with Gasteiger partial charge in [0.1, 0.15) is 5.03 Å². The van der Waals surface area contributed by atoms with Crippen molar-refractivity contribution in [2.75, 3.05) is 0 Å². The number of hydrogen-bond donors (Lipinski definition) is 1. The number of thioether (sulfide) groups is 1. The molecule has 0 spiro atoms. The Bertz CT molecular complexity index is 487. The second-order valence-electron chi connectivity index (χ2n) is 5.58. The van der Waals surface area contributed by atoms with Gasteiger partial charge in [0.05, 0.1) is 5.56 Å². The van der Waals surface area contributed by atoms with E-state index in [-0.39, 0.29) is 0 Å². The zero-order chi connectivity index (χ0) is 14.0. The van der Waals surface area contributed by atoms with Crippen molar-refractivity contribution in [2.45, 2.75) is 56.7 Å². The molecule has 104 valence electrons. The molecule has 0 aliphatic heterocycles. The van der Waals surface area contributed by atoms with E-state index < -0.39 is 5.97 Å². The van der Waals surface area contributed by atoms with Crippen LogP contribution in [0.3, 0.4) is 0 Å². The van der Waals surface area contributed by atoms with Gasteiger partial charge in [0.2, 0.25) is 0 Å². The maximum atomic E-state index is 11.4. The summed E-state index contributed by atoms with van der Waals surface area (Å²) in [7, 11) is 0. The first kappa shape index (κ1) is 14.4. The summed E-state index contributed by atoms with van der Waals surface area (Å²) in [5.74, 6) is -0.123. The molecule has 1 N–H and O–H groups in total. The van der Waals surface area contributed by atoms with Crippen LogP contribution in [0.15, 0.2) is 11.1 Å². The van der Waals surface area contributed by atoms with E-state index in [0.29, 0.717) is 15.8 Å². The maximum Gasteiger partial charge on any atom is 0.338 e. The number of carboxylic acid groups (broad SMARTS) is 1. The first-order valence-corrected chi connectivity index (χ1v) is 7.73. The summed E-state index contributed by atoms with van der Waals surface area (Å²) in [5.41, 5.74) is 2.09. The van der Waals surface area contributed by atoms with Gasteiger partial charge in [-0.3, -0.25) is 0 Å². The normalized spacial score (nSPS) is 23.3. The van der Waals surface area contributed by atoms with Crippen molar-refractivity contribution in [2.24, 2.45) is 5.92 Å². The SMILES string of the molecule is Cc1cc(C)c(C(=O)O)c(SC2CCCC(C)C2)n1. The predicted octanol–water partition coefficient (Wildman–Crippen LogP) is 4.07. The molecule has 1 aromatic heterocycles. The van der Waals surface area contributed by atoms with Crippen LogP contribution in [0.5, 0.6) is 0 Å². The van der Waals surface area contributed by atoms with E-state index in [4.69, 9.17) is 0 Å². The topological polar surface area (TPSA) is 50.2 Å². The number of aromatic nitrogens is 1. The smallest absolute Gasteiger partial charge is 0.338 e. The Labute approximate surface area is 118 Å². The molecular formula is C15H21NO2S. The number of rotatable bonds is 3. The maximum absolute atomic E-state index is 11.4. The zero-order valence-electron chi connectivity index (χ0n) is 11.8. The molecule has 1 aliphatic rings. The van der Waals surface area contributed by atoms with Crippen molar-refractivity contribution >= 4 is 17.7 Å². The molecule has 1 fully saturated rings. The van der Waals surface area contributed by atoms with Gasteiger partial charge in [0.25, 0.3) is 0 Å². The quantitative estimate of drug-likeness (QED) is 0.906. The summed E-state index contributed by atoms with van der Waals surface area (Å²) < 4.78 is 0. The molecule has 0 bridgehead atoms. The third-order valence-corrected chi connectivity index (χ3v) is 4.97. The monoisotopic (exact) mass is 279 g/mol. The van der Waals surface area contributed by atoms with Gasteiger partial charge in [-0.15, -0.1) is 11.8 Å². The first-order valence-electron chi connectivity index (χ1n) is 6.85. The standard InChI is InChI=1S/C15H21NO2S/c1-9-5-4-6-12(7-9)19-14-13(15(17)18)10(2)8-11(3)16-14/h8-9,12H,4-7H2,1-3H3,(H,17,18). The lowest BCUT2D eigenvalue weighted by molar-refractivity contribution is 0.0691. The summed E-state index contributed by atoms with van der Waals surface area (Å²) in [6.45, 7) is 6.05. The molecule has 2 unspecified atom stereocenters. The fourth-order valence-corrected chi connectivity index (χ4v) is 4.38. The number of hydrogen-bond acceptors (Lipinski definition) is 3. The Morgan fingerprint density at radius 3 is 2.79 bits per heavy atom. The third kappa shape index (κ3) is 3.50. The second kappa shape index (κ2) is 5.95. The minimum absolute atomic E-state index is 0.383. The molecule has 0 amide bonds. The molecule has 1 heterocycles. The van der Waals surface area contributed by atoms with E-state index in [2.05, 4.69) is 11.9 Å². The molecule has 1 aliphatic carbocycles. The Kier molecular flexibility index (Phi) is 4.50. The van der Waals surface area contributed by atoms with Crippen molar-refractivity contribution in [1.82, 2.24) is 4.98 Å². The fourth-order valence-electron chi connectivity index (χ4n) is 2.79. The molecule has 3 nitrogen and oxygen atoms in total. The lowest BCUT2D eigenvalue weighted by Gasteiger charge is -2.26. The van der Waals surface area contributed by atoms with Gasteiger partial charge in [-0.2, -0.15) is 0 Å². The average Bonchev–Trinajstić information content (AvgIpc) is 2.26. The van der Waals surface area contributed by atoms with Gasteiger partial charge in [-0.1, -0.05) is 19.8 Å². The molecule has 2 atom stereocenters. The van der Waals surface area contributed by atoms with E-state index in [1.807, 2.05) is 19.9 Å². The molecule has 0 aromatic carbocycles. The van der Waals surface area contributed by atoms with Crippen molar-refractivity contribution in [3.63, 3.8) is 0 Å². The van der Waals surface area contributed by atoms with Crippen LogP contribution in [0.2, 0.25) is 0 Å². The van der Waals surface area contributed by atoms with Gasteiger partial charge >= 0.3 is 5.97 Å². The highest BCUT2D eigenvalue weighted by atomic mass is 32.2. The van der Waals surface area contributed by atoms with E-state index >= 15 is 0 Å². The Balaban J connectivity index is 2.25. The largest absolute Gasteiger partial charge is 0.478 e. The molecule has 1 aromatic rings. The van der Waals surface area contributed by atoms with Crippen molar-refractivity contribution in [3.05, 3.63) is 22.9 Å². The summed E-state index contributed by atoms with van der Waals surface area (Å²) >= 11 is 1.66. The number of carboxylic acids is 1. The fraction of sp³-hybridized carbons (Fsp3) is 0.600. The van der Waals surface area contributed by atoms with Crippen LogP contribution in [0.1, 0.15) is 54.2 Å². The molecule has 0 saturated heterocycles. The van der Waals surface area contributed by atoms with Gasteiger partial charge in [0, 0.05) is 10.9 Å². The highest BCUT2D eigenvalue weighted by Crippen LogP contribution is 2.37. The van der Waals surface area contributed by atoms with Crippen LogP contribution in [0, 0.1) is 19.8 Å². The lowest BCUT2D eigenvalue weighted by Crippen LogP contribution is -2.16. The van der Waals surface area contributed by atoms with Crippen LogP contribution in [-0.2, 0) is 0 Å². The van der Waals surface area contributed by atoms with E-state index in [9.17, 15) is 9.90 Å². The van der Waals surface area contributed by atoms with Gasteiger partial charge in [0.15, 0.2) is 0 Å². The lowest BCUT2D eigenvalue weighted by atomic mass is 9.91. The molecule has 2 rings (SSSR count). The summed E-state index contributed by atoms with van der Waals surface area (Å²) in [6.07, 6.45) is 4.87. The predicted molar refractivity (Wildman–Crippen MR) is 77.9 cm³/mol. The number of nitrogens with zero attached hydrogens (tertiary/aromatic N) is 1. The zero-order valence-corrected chi connectivity index (χ0v) is 12.6. The van der Waals surface area contributed by atoms with Gasteiger partial charge in [-0.05, 0) is 44.2 Å². The Morgan fingerprint density at radius 1 is 1.42 bits per heavy atom. The average molecular weight is 279 g/mol. The highest BCUT2D eigenvalue weighted by molar-refractivity contribution is 7.99. The Morgan fingerprint density at radius 2 is 2.16 bits per heavy atom. The Hall–Kier alpha value is -1.03. The number of aromatic carboxylic acids is 1. The molecule has 4 heteroatoms. The number of carbonyl (C=O) groups is 1. The summed E-state index contributed by atoms with van der Waals surface area (Å²) in [6, 6.07) is 1.84. The van der Waals surface area contributed by atoms with E-state index in [1.54, 1.807) is 11.8 Å². The van der Waals surface area contributed by atoms with Crippen molar-refractivity contribution < 1.29 is 9.90 Å². The summed E-state index contributed by atoms with van der Waals surface area (Å²) in [5, 5.41) is 10.6. The van der Waals surface area contributed by atoms with E-state index in [0.717, 1.165) is 17.2 Å². The van der Waals surface area contributed by atoms with Crippen LogP contribution in [0.4, 0.5) is 0 Å². The van der Waals surface area contributed by atoms with Crippen LogP contribution in [-0.4, -0.2) is 21.3 Å². The number of pyridine rings is 1. The minimum Gasteiger partial charge on any atom is -0.478 e.